The van der Waals surface area contributed by atoms with Gasteiger partial charge in [0.2, 0.25) is 0 Å². The first-order valence-electron chi connectivity index (χ1n) is 4.31. The van der Waals surface area contributed by atoms with Gasteiger partial charge in [0.15, 0.2) is 0 Å². The van der Waals surface area contributed by atoms with Crippen LogP contribution in [0.15, 0.2) is 0 Å². The van der Waals surface area contributed by atoms with Crippen LogP contribution in [0.5, 0.6) is 0 Å². The lowest BCUT2D eigenvalue weighted by Gasteiger charge is -2.22. The van der Waals surface area contributed by atoms with Gasteiger partial charge in [0.25, 0.3) is 10.1 Å². The van der Waals surface area contributed by atoms with Crippen LogP contribution in [0.1, 0.15) is 0 Å². The number of hydrogen-bond donors (Lipinski definition) is 1. The van der Waals surface area contributed by atoms with Crippen molar-refractivity contribution in [3.63, 3.8) is 0 Å². The summed E-state index contributed by atoms with van der Waals surface area (Å²) in [6.45, 7) is 0.923. The van der Waals surface area contributed by atoms with Crippen LogP contribution in [0, 0.1) is 0 Å². The van der Waals surface area contributed by atoms with Gasteiger partial charge in [-0.3, -0.25) is 0 Å². The Balaban J connectivity index is 3.65. The maximum atomic E-state index is 10.9. The highest BCUT2D eigenvalue weighted by molar-refractivity contribution is 7.86. The molecule has 0 aliphatic rings. The third-order valence-electron chi connectivity index (χ3n) is 1.37. The van der Waals surface area contributed by atoms with E-state index in [1.807, 2.05) is 21.1 Å². The van der Waals surface area contributed by atoms with Crippen molar-refractivity contribution in [3.8, 4) is 0 Å². The standard InChI is InChI=1S/C7H19N2O4S/c1-9(2,3)5-6-12-13-14(10,11)7-4-8/h4-8H2,1-3H3/q+1. The van der Waals surface area contributed by atoms with E-state index >= 15 is 0 Å². The molecule has 0 radical (unpaired) electrons. The van der Waals surface area contributed by atoms with Crippen molar-refractivity contribution in [2.24, 2.45) is 5.73 Å². The Hall–Kier alpha value is -0.210. The minimum Gasteiger partial charge on any atom is -0.329 e. The van der Waals surface area contributed by atoms with E-state index in [1.165, 1.54) is 0 Å². The molecule has 0 unspecified atom stereocenters. The molecule has 2 N–H and O–H groups in total. The molecule has 0 aromatic carbocycles. The zero-order valence-corrected chi connectivity index (χ0v) is 9.71. The molecule has 6 nitrogen and oxygen atoms in total. The summed E-state index contributed by atoms with van der Waals surface area (Å²) in [5.41, 5.74) is 5.07. The van der Waals surface area contributed by atoms with Crippen LogP contribution in [0.4, 0.5) is 0 Å². The number of nitrogens with zero attached hydrogens (tertiary/aromatic N) is 1. The lowest BCUT2D eigenvalue weighted by molar-refractivity contribution is -0.871. The smallest absolute Gasteiger partial charge is 0.294 e. The van der Waals surface area contributed by atoms with E-state index in [0.29, 0.717) is 11.0 Å². The lowest BCUT2D eigenvalue weighted by Crippen LogP contribution is -2.37. The van der Waals surface area contributed by atoms with Gasteiger partial charge in [-0.1, -0.05) is 0 Å². The summed E-state index contributed by atoms with van der Waals surface area (Å²) in [7, 11) is 2.31. The van der Waals surface area contributed by atoms with Crippen LogP contribution in [0.25, 0.3) is 0 Å². The van der Waals surface area contributed by atoms with E-state index < -0.39 is 10.1 Å². The molecule has 0 saturated carbocycles. The molecule has 0 rings (SSSR count). The number of likely N-dealkylation sites (N-methyl/N-ethyl adjacent to an activating group) is 1. The molecule has 0 amide bonds. The van der Waals surface area contributed by atoms with Crippen LogP contribution in [-0.4, -0.2) is 59.5 Å². The van der Waals surface area contributed by atoms with Gasteiger partial charge >= 0.3 is 0 Å². The molecule has 7 heteroatoms. The van der Waals surface area contributed by atoms with E-state index in [1.54, 1.807) is 0 Å². The molecular weight excluding hydrogens is 208 g/mol. The lowest BCUT2D eigenvalue weighted by atomic mass is 10.5. The SMILES string of the molecule is C[N+](C)(C)CCOOS(=O)(=O)CCN. The molecule has 0 bridgehead atoms. The number of quaternary nitrogens is 1. The van der Waals surface area contributed by atoms with Crippen LogP contribution in [-0.2, 0) is 19.3 Å². The van der Waals surface area contributed by atoms with Crippen molar-refractivity contribution >= 4 is 10.1 Å². The Morgan fingerprint density at radius 3 is 2.29 bits per heavy atom. The maximum Gasteiger partial charge on any atom is 0.294 e. The fourth-order valence-electron chi connectivity index (χ4n) is 0.597. The highest BCUT2D eigenvalue weighted by atomic mass is 32.2. The summed E-state index contributed by atoms with van der Waals surface area (Å²) >= 11 is 0. The highest BCUT2D eigenvalue weighted by Crippen LogP contribution is 1.95. The molecule has 86 valence electrons. The van der Waals surface area contributed by atoms with Crippen LogP contribution in [0.2, 0.25) is 0 Å². The van der Waals surface area contributed by atoms with Gasteiger partial charge in [-0.25, -0.2) is 4.89 Å². The van der Waals surface area contributed by atoms with Gasteiger partial charge < -0.3 is 10.2 Å². The summed E-state index contributed by atoms with van der Waals surface area (Å²) in [4.78, 5) is 4.57. The molecule has 0 aromatic heterocycles. The van der Waals surface area contributed by atoms with E-state index in [-0.39, 0.29) is 18.9 Å². The van der Waals surface area contributed by atoms with Crippen molar-refractivity contribution in [3.05, 3.63) is 0 Å². The zero-order chi connectivity index (χ0) is 11.2. The predicted octanol–water partition coefficient (Wildman–Crippen LogP) is -1.07. The Kier molecular flexibility index (Phi) is 5.53. The molecule has 0 atom stereocenters. The van der Waals surface area contributed by atoms with Gasteiger partial charge in [0, 0.05) is 6.54 Å². The molecule has 0 aliphatic carbocycles. The fraction of sp³-hybridized carbons (Fsp3) is 1.00. The van der Waals surface area contributed by atoms with Crippen molar-refractivity contribution in [1.82, 2.24) is 0 Å². The first kappa shape index (κ1) is 13.8. The summed E-state index contributed by atoms with van der Waals surface area (Å²) in [5, 5.41) is 0. The van der Waals surface area contributed by atoms with E-state index in [0.717, 1.165) is 0 Å². The number of rotatable bonds is 7. The van der Waals surface area contributed by atoms with E-state index in [4.69, 9.17) is 5.73 Å². The summed E-state index contributed by atoms with van der Waals surface area (Å²) in [6, 6.07) is 0. The number of nitrogens with two attached hydrogens (primary N) is 1. The van der Waals surface area contributed by atoms with Crippen molar-refractivity contribution in [2.75, 3.05) is 46.6 Å². The molecule has 0 heterocycles. The van der Waals surface area contributed by atoms with Gasteiger partial charge in [0.05, 0.1) is 26.9 Å². The normalized spacial score (nSPS) is 13.1. The first-order valence-corrected chi connectivity index (χ1v) is 5.89. The molecule has 0 aliphatic heterocycles. The minimum atomic E-state index is -3.60. The van der Waals surface area contributed by atoms with E-state index in [2.05, 4.69) is 9.22 Å². The quantitative estimate of drug-likeness (QED) is 0.259. The molecule has 0 saturated heterocycles. The van der Waals surface area contributed by atoms with Crippen LogP contribution < -0.4 is 5.73 Å². The fourth-order valence-corrected chi connectivity index (χ4v) is 1.17. The topological polar surface area (TPSA) is 78.6 Å². The molecular formula is C7H19N2O4S+. The number of hydrogen-bond acceptors (Lipinski definition) is 5. The minimum absolute atomic E-state index is 0.0288. The second kappa shape index (κ2) is 5.62. The van der Waals surface area contributed by atoms with Gasteiger partial charge in [-0.05, 0) is 0 Å². The van der Waals surface area contributed by atoms with Crippen molar-refractivity contribution in [1.29, 1.82) is 0 Å². The van der Waals surface area contributed by atoms with Gasteiger partial charge in [-0.2, -0.15) is 8.42 Å². The third kappa shape index (κ3) is 8.39. The molecule has 14 heavy (non-hydrogen) atoms. The molecule has 0 spiro atoms. The second-order valence-corrected chi connectivity index (χ2v) is 5.61. The van der Waals surface area contributed by atoms with E-state index in [9.17, 15) is 8.42 Å². The van der Waals surface area contributed by atoms with Gasteiger partial charge in [-0.15, -0.1) is 4.33 Å². The summed E-state index contributed by atoms with van der Waals surface area (Å²) < 4.78 is 26.8. The second-order valence-electron chi connectivity index (χ2n) is 3.95. The maximum absolute atomic E-state index is 10.9. The highest BCUT2D eigenvalue weighted by Gasteiger charge is 2.12. The largest absolute Gasteiger partial charge is 0.329 e. The monoisotopic (exact) mass is 227 g/mol. The van der Waals surface area contributed by atoms with Crippen LogP contribution >= 0.6 is 0 Å². The summed E-state index contributed by atoms with van der Waals surface area (Å²) in [6.07, 6.45) is 0. The van der Waals surface area contributed by atoms with Gasteiger partial charge in [0.1, 0.15) is 13.2 Å². The average Bonchev–Trinajstić information content (AvgIpc) is 1.96. The predicted molar refractivity (Wildman–Crippen MR) is 52.8 cm³/mol. The Bertz CT molecular complexity index is 245. The first-order chi connectivity index (χ1) is 6.27. The Morgan fingerprint density at radius 1 is 1.29 bits per heavy atom. The Morgan fingerprint density at radius 2 is 1.86 bits per heavy atom. The van der Waals surface area contributed by atoms with Crippen molar-refractivity contribution in [2.45, 2.75) is 0 Å². The van der Waals surface area contributed by atoms with Crippen LogP contribution in [0.3, 0.4) is 0 Å². The average molecular weight is 227 g/mol. The Labute approximate surface area is 85.2 Å². The summed E-state index contributed by atoms with van der Waals surface area (Å²) in [5.74, 6) is -0.225. The zero-order valence-electron chi connectivity index (χ0n) is 8.89. The van der Waals surface area contributed by atoms with Crippen molar-refractivity contribution < 1.29 is 22.1 Å². The molecule has 0 aromatic rings. The molecule has 0 fully saturated rings. The third-order valence-corrected chi connectivity index (χ3v) is 2.40.